The van der Waals surface area contributed by atoms with Gasteiger partial charge in [-0.2, -0.15) is 0 Å². The summed E-state index contributed by atoms with van der Waals surface area (Å²) in [7, 11) is 0. The second-order valence-corrected chi connectivity index (χ2v) is 7.48. The van der Waals surface area contributed by atoms with E-state index in [9.17, 15) is 9.59 Å². The number of pyridine rings is 1. The lowest BCUT2D eigenvalue weighted by molar-refractivity contribution is -0.142. The van der Waals surface area contributed by atoms with Crippen molar-refractivity contribution in [1.29, 1.82) is 0 Å². The molecule has 0 bridgehead atoms. The number of carbonyl (C=O) groups excluding carboxylic acids is 2. The number of thiazole rings is 1. The maximum Gasteiger partial charge on any atom is 0.311 e. The third-order valence-corrected chi connectivity index (χ3v) is 5.30. The van der Waals surface area contributed by atoms with Gasteiger partial charge in [-0.25, -0.2) is 9.97 Å². The first kappa shape index (κ1) is 20.0. The molecule has 0 saturated carbocycles. The first-order chi connectivity index (χ1) is 13.5. The Labute approximate surface area is 169 Å². The summed E-state index contributed by atoms with van der Waals surface area (Å²) in [4.78, 5) is 32.7. The number of aryl methyl sites for hydroxylation is 1. The monoisotopic (exact) mass is 418 g/mol. The molecule has 28 heavy (non-hydrogen) atoms. The summed E-state index contributed by atoms with van der Waals surface area (Å²) in [6.45, 7) is 3.89. The molecule has 146 valence electrons. The second-order valence-electron chi connectivity index (χ2n) is 5.65. The number of esters is 1. The van der Waals surface area contributed by atoms with Crippen LogP contribution in [0.15, 0.2) is 39.3 Å². The maximum atomic E-state index is 12.7. The van der Waals surface area contributed by atoms with Gasteiger partial charge in [0.15, 0.2) is 5.13 Å². The predicted octanol–water partition coefficient (Wildman–Crippen LogP) is 3.48. The van der Waals surface area contributed by atoms with Crippen LogP contribution in [-0.4, -0.2) is 33.6 Å². The van der Waals surface area contributed by atoms with Gasteiger partial charge < -0.3 is 9.26 Å². The third-order valence-electron chi connectivity index (χ3n) is 3.45. The zero-order chi connectivity index (χ0) is 19.9. The molecule has 3 rings (SSSR count). The van der Waals surface area contributed by atoms with Crippen LogP contribution in [-0.2, 0) is 21.7 Å². The van der Waals surface area contributed by atoms with Crippen molar-refractivity contribution in [3.63, 3.8) is 0 Å². The van der Waals surface area contributed by atoms with Crippen molar-refractivity contribution in [3.8, 4) is 0 Å². The average molecular weight is 419 g/mol. The molecular formula is C18H18N4O4S2. The third kappa shape index (κ3) is 5.40. The van der Waals surface area contributed by atoms with E-state index in [0.29, 0.717) is 33.8 Å². The van der Waals surface area contributed by atoms with E-state index >= 15 is 0 Å². The molecule has 1 amide bonds. The van der Waals surface area contributed by atoms with Gasteiger partial charge in [-0.1, -0.05) is 16.9 Å². The van der Waals surface area contributed by atoms with Gasteiger partial charge in [0.05, 0.1) is 30.0 Å². The van der Waals surface area contributed by atoms with E-state index in [1.165, 1.54) is 23.1 Å². The Balaban J connectivity index is 1.64. The highest BCUT2D eigenvalue weighted by molar-refractivity contribution is 7.98. The highest BCUT2D eigenvalue weighted by Crippen LogP contribution is 2.25. The van der Waals surface area contributed by atoms with Gasteiger partial charge in [0, 0.05) is 23.4 Å². The summed E-state index contributed by atoms with van der Waals surface area (Å²) in [5.74, 6) is 0.607. The average Bonchev–Trinajstić information content (AvgIpc) is 3.29. The molecule has 0 spiro atoms. The Bertz CT molecular complexity index is 970. The molecule has 10 heteroatoms. The smallest absolute Gasteiger partial charge is 0.311 e. The molecule has 3 heterocycles. The molecule has 3 aromatic heterocycles. The Hall–Kier alpha value is -2.72. The largest absolute Gasteiger partial charge is 0.466 e. The first-order valence-corrected chi connectivity index (χ1v) is 10.3. The van der Waals surface area contributed by atoms with E-state index in [1.807, 2.05) is 13.0 Å². The topological polar surface area (TPSA) is 107 Å². The van der Waals surface area contributed by atoms with Crippen LogP contribution in [0.4, 0.5) is 5.13 Å². The molecule has 0 fully saturated rings. The first-order valence-electron chi connectivity index (χ1n) is 8.46. The van der Waals surface area contributed by atoms with E-state index < -0.39 is 0 Å². The molecule has 8 nitrogen and oxygen atoms in total. The summed E-state index contributed by atoms with van der Waals surface area (Å²) in [6.07, 6.45) is 1.71. The maximum absolute atomic E-state index is 12.7. The summed E-state index contributed by atoms with van der Waals surface area (Å²) in [5.41, 5.74) is 1.78. The molecule has 0 atom stereocenters. The van der Waals surface area contributed by atoms with Gasteiger partial charge in [0.25, 0.3) is 5.91 Å². The van der Waals surface area contributed by atoms with E-state index in [1.54, 1.807) is 30.6 Å². The minimum absolute atomic E-state index is 0.0747. The van der Waals surface area contributed by atoms with Gasteiger partial charge in [-0.05, 0) is 26.0 Å². The number of carbonyl (C=O) groups is 2. The molecule has 1 N–H and O–H groups in total. The molecule has 3 aromatic rings. The standard InChI is InChI=1S/C18H18N4O4S2/c1-3-25-15(23)8-12-9-28-18(20-12)21-16(24)14-5-4-6-19-17(14)27-10-13-7-11(2)26-22-13/h4-7,9H,3,8,10H2,1-2H3,(H,20,21,24). The van der Waals surface area contributed by atoms with Crippen molar-refractivity contribution in [2.45, 2.75) is 31.0 Å². The van der Waals surface area contributed by atoms with Gasteiger partial charge in [0.2, 0.25) is 0 Å². The van der Waals surface area contributed by atoms with E-state index in [4.69, 9.17) is 9.26 Å². The van der Waals surface area contributed by atoms with Crippen LogP contribution in [0.1, 0.15) is 34.4 Å². The van der Waals surface area contributed by atoms with Crippen LogP contribution in [0.25, 0.3) is 0 Å². The van der Waals surface area contributed by atoms with Crippen LogP contribution >= 0.6 is 23.1 Å². The summed E-state index contributed by atoms with van der Waals surface area (Å²) < 4.78 is 9.95. The number of nitrogens with zero attached hydrogens (tertiary/aromatic N) is 3. The molecule has 0 radical (unpaired) electrons. The van der Waals surface area contributed by atoms with Gasteiger partial charge in [-0.15, -0.1) is 11.3 Å². The number of hydrogen-bond donors (Lipinski definition) is 1. The minimum atomic E-state index is -0.347. The highest BCUT2D eigenvalue weighted by atomic mass is 32.2. The fourth-order valence-corrected chi connectivity index (χ4v) is 3.85. The van der Waals surface area contributed by atoms with Crippen LogP contribution in [0, 0.1) is 6.92 Å². The van der Waals surface area contributed by atoms with Crippen LogP contribution in [0.3, 0.4) is 0 Å². The van der Waals surface area contributed by atoms with Crippen molar-refractivity contribution in [3.05, 3.63) is 52.5 Å². The Kier molecular flexibility index (Phi) is 6.77. The van der Waals surface area contributed by atoms with E-state index in [0.717, 1.165) is 11.5 Å². The van der Waals surface area contributed by atoms with Gasteiger partial charge in [-0.3, -0.25) is 14.9 Å². The second kappa shape index (κ2) is 9.47. The fourth-order valence-electron chi connectivity index (χ4n) is 2.28. The molecule has 0 aliphatic carbocycles. The number of thioether (sulfide) groups is 1. The zero-order valence-electron chi connectivity index (χ0n) is 15.3. The molecule has 0 aliphatic rings. The van der Waals surface area contributed by atoms with Crippen molar-refractivity contribution in [2.75, 3.05) is 11.9 Å². The Morgan fingerprint density at radius 1 is 1.36 bits per heavy atom. The van der Waals surface area contributed by atoms with Crippen LogP contribution in [0.2, 0.25) is 0 Å². The number of rotatable bonds is 8. The normalized spacial score (nSPS) is 10.6. The Morgan fingerprint density at radius 2 is 2.21 bits per heavy atom. The molecule has 0 unspecified atom stereocenters. The summed E-state index contributed by atoms with van der Waals surface area (Å²) >= 11 is 2.65. The zero-order valence-corrected chi connectivity index (χ0v) is 16.9. The summed E-state index contributed by atoms with van der Waals surface area (Å²) in [5, 5.41) is 9.42. The van der Waals surface area contributed by atoms with Gasteiger partial charge in [0.1, 0.15) is 10.8 Å². The molecule has 0 aliphatic heterocycles. The number of anilines is 1. The van der Waals surface area contributed by atoms with Crippen molar-refractivity contribution < 1.29 is 18.8 Å². The molecule has 0 saturated heterocycles. The van der Waals surface area contributed by atoms with Crippen molar-refractivity contribution in [2.24, 2.45) is 0 Å². The number of amides is 1. The van der Waals surface area contributed by atoms with E-state index in [-0.39, 0.29) is 18.3 Å². The Morgan fingerprint density at radius 3 is 2.96 bits per heavy atom. The predicted molar refractivity (Wildman–Crippen MR) is 105 cm³/mol. The number of nitrogens with one attached hydrogen (secondary N) is 1. The number of aromatic nitrogens is 3. The number of ether oxygens (including phenoxy) is 1. The minimum Gasteiger partial charge on any atom is -0.466 e. The van der Waals surface area contributed by atoms with Gasteiger partial charge >= 0.3 is 5.97 Å². The summed E-state index contributed by atoms with van der Waals surface area (Å²) in [6, 6.07) is 5.25. The number of hydrogen-bond acceptors (Lipinski definition) is 9. The van der Waals surface area contributed by atoms with Crippen molar-refractivity contribution >= 4 is 40.1 Å². The lowest BCUT2D eigenvalue weighted by Crippen LogP contribution is -2.14. The fraction of sp³-hybridized carbons (Fsp3) is 0.278. The highest BCUT2D eigenvalue weighted by Gasteiger charge is 2.16. The van der Waals surface area contributed by atoms with E-state index in [2.05, 4.69) is 20.4 Å². The van der Waals surface area contributed by atoms with Crippen LogP contribution < -0.4 is 5.32 Å². The van der Waals surface area contributed by atoms with Crippen LogP contribution in [0.5, 0.6) is 0 Å². The lowest BCUT2D eigenvalue weighted by Gasteiger charge is -2.06. The SMILES string of the molecule is CCOC(=O)Cc1csc(NC(=O)c2cccnc2SCc2cc(C)on2)n1. The molecule has 0 aromatic carbocycles. The quantitative estimate of drug-likeness (QED) is 0.438. The molecular weight excluding hydrogens is 400 g/mol. The van der Waals surface area contributed by atoms with Crippen molar-refractivity contribution in [1.82, 2.24) is 15.1 Å². The lowest BCUT2D eigenvalue weighted by atomic mass is 10.3.